The third-order valence-electron chi connectivity index (χ3n) is 6.52. The molecule has 1 aromatic heterocycles. The van der Waals surface area contributed by atoms with E-state index in [0.717, 1.165) is 31.5 Å². The van der Waals surface area contributed by atoms with Gasteiger partial charge in [-0.2, -0.15) is 4.98 Å². The van der Waals surface area contributed by atoms with Crippen LogP contribution in [-0.2, 0) is 11.3 Å². The van der Waals surface area contributed by atoms with Crippen molar-refractivity contribution in [2.45, 2.75) is 57.8 Å². The van der Waals surface area contributed by atoms with Crippen molar-refractivity contribution in [2.75, 3.05) is 37.0 Å². The number of rotatable bonds is 7. The van der Waals surface area contributed by atoms with Crippen LogP contribution in [0.5, 0.6) is 0 Å². The van der Waals surface area contributed by atoms with E-state index in [2.05, 4.69) is 25.5 Å². The number of nitrogens with zero attached hydrogens (tertiary/aromatic N) is 4. The maximum atomic E-state index is 14.9. The fourth-order valence-corrected chi connectivity index (χ4v) is 4.42. The van der Waals surface area contributed by atoms with E-state index in [1.165, 1.54) is 4.90 Å². The highest BCUT2D eigenvalue weighted by Gasteiger charge is 2.41. The Morgan fingerprint density at radius 1 is 1.27 bits per heavy atom. The van der Waals surface area contributed by atoms with Crippen molar-refractivity contribution in [1.82, 2.24) is 20.2 Å². The molecule has 4 rings (SSSR count). The number of halogens is 1. The lowest BCUT2D eigenvalue weighted by molar-refractivity contribution is 0.175. The molecule has 0 radical (unpaired) electrons. The summed E-state index contributed by atoms with van der Waals surface area (Å²) in [5.74, 6) is 0.635. The van der Waals surface area contributed by atoms with Gasteiger partial charge in [-0.1, -0.05) is 12.1 Å². The van der Waals surface area contributed by atoms with Gasteiger partial charge in [-0.05, 0) is 71.4 Å². The van der Waals surface area contributed by atoms with Crippen LogP contribution < -0.4 is 15.5 Å². The molecule has 0 saturated carbocycles. The van der Waals surface area contributed by atoms with Crippen molar-refractivity contribution in [3.05, 3.63) is 47.4 Å². The summed E-state index contributed by atoms with van der Waals surface area (Å²) in [5.41, 5.74) is 1.03. The molecule has 0 spiro atoms. The summed E-state index contributed by atoms with van der Waals surface area (Å²) >= 11 is 0. The second kappa shape index (κ2) is 9.61. The van der Waals surface area contributed by atoms with Crippen LogP contribution in [0.2, 0.25) is 0 Å². The van der Waals surface area contributed by atoms with Crippen molar-refractivity contribution in [1.29, 1.82) is 0 Å². The highest BCUT2D eigenvalue weighted by Crippen LogP contribution is 2.30. The molecular weight excluding hydrogens is 423 g/mol. The molecule has 1 amide bonds. The van der Waals surface area contributed by atoms with Gasteiger partial charge >= 0.3 is 6.09 Å². The van der Waals surface area contributed by atoms with Crippen molar-refractivity contribution in [3.63, 3.8) is 0 Å². The molecule has 0 unspecified atom stereocenters. The number of hydrogen-bond acceptors (Lipinski definition) is 7. The van der Waals surface area contributed by atoms with Crippen LogP contribution in [-0.4, -0.2) is 59.3 Å². The Morgan fingerprint density at radius 3 is 2.67 bits per heavy atom. The molecule has 2 fully saturated rings. The van der Waals surface area contributed by atoms with Crippen LogP contribution >= 0.6 is 0 Å². The van der Waals surface area contributed by atoms with Crippen LogP contribution in [0.25, 0.3) is 0 Å². The second-order valence-electron chi connectivity index (χ2n) is 9.50. The smallest absolute Gasteiger partial charge is 0.416 e. The van der Waals surface area contributed by atoms with E-state index in [1.807, 2.05) is 40.0 Å². The van der Waals surface area contributed by atoms with E-state index in [1.54, 1.807) is 18.3 Å². The average molecular weight is 457 g/mol. The van der Waals surface area contributed by atoms with E-state index < -0.39 is 11.6 Å². The number of amides is 1. The van der Waals surface area contributed by atoms with Gasteiger partial charge in [-0.15, -0.1) is 0 Å². The topological polar surface area (TPSA) is 82.6 Å². The molecule has 0 bridgehead atoms. The van der Waals surface area contributed by atoms with Gasteiger partial charge in [-0.3, -0.25) is 9.80 Å². The lowest BCUT2D eigenvalue weighted by Crippen LogP contribution is -2.42. The zero-order valence-electron chi connectivity index (χ0n) is 19.8. The molecule has 2 aliphatic rings. The number of nitrogens with one attached hydrogen (secondary N) is 2. The molecule has 33 heavy (non-hydrogen) atoms. The zero-order chi connectivity index (χ0) is 23.6. The predicted octanol–water partition coefficient (Wildman–Crippen LogP) is 3.71. The van der Waals surface area contributed by atoms with Crippen molar-refractivity contribution in [3.8, 4) is 0 Å². The van der Waals surface area contributed by atoms with E-state index in [-0.39, 0.29) is 11.9 Å². The van der Waals surface area contributed by atoms with Crippen molar-refractivity contribution >= 4 is 17.9 Å². The molecule has 0 aliphatic carbocycles. The normalized spacial score (nSPS) is 20.0. The van der Waals surface area contributed by atoms with Crippen molar-refractivity contribution in [2.24, 2.45) is 0 Å². The Labute approximate surface area is 194 Å². The Bertz CT molecular complexity index is 993. The fraction of sp³-hybridized carbons (Fsp3) is 0.542. The van der Waals surface area contributed by atoms with Gasteiger partial charge in [0.15, 0.2) is 0 Å². The Kier molecular flexibility index (Phi) is 6.81. The number of anilines is 2. The number of hydrogen-bond donors (Lipinski definition) is 2. The van der Waals surface area contributed by atoms with Gasteiger partial charge < -0.3 is 15.4 Å². The first-order chi connectivity index (χ1) is 15.8. The first-order valence-corrected chi connectivity index (χ1v) is 11.5. The van der Waals surface area contributed by atoms with Gasteiger partial charge in [0.25, 0.3) is 0 Å². The number of benzene rings is 1. The van der Waals surface area contributed by atoms with E-state index in [4.69, 9.17) is 4.74 Å². The number of carbonyl (C=O) groups is 1. The summed E-state index contributed by atoms with van der Waals surface area (Å²) in [7, 11) is 2.00. The minimum atomic E-state index is -0.490. The zero-order valence-corrected chi connectivity index (χ0v) is 19.8. The molecular formula is C24H33FN6O2. The Hall–Kier alpha value is -2.78. The lowest BCUT2D eigenvalue weighted by atomic mass is 10.0. The molecule has 1 aromatic carbocycles. The lowest BCUT2D eigenvalue weighted by Gasteiger charge is -2.31. The minimum absolute atomic E-state index is 0.201. The Balaban J connectivity index is 1.41. The highest BCUT2D eigenvalue weighted by atomic mass is 19.1. The number of aromatic nitrogens is 2. The van der Waals surface area contributed by atoms with E-state index in [0.29, 0.717) is 36.5 Å². The summed E-state index contributed by atoms with van der Waals surface area (Å²) in [5, 5.41) is 6.54. The molecule has 3 heterocycles. The van der Waals surface area contributed by atoms with E-state index >= 15 is 0 Å². The van der Waals surface area contributed by atoms with Crippen LogP contribution in [0.4, 0.5) is 21.0 Å². The molecule has 2 N–H and O–H groups in total. The van der Waals surface area contributed by atoms with Gasteiger partial charge in [0.2, 0.25) is 5.95 Å². The molecule has 1 atom stereocenters. The van der Waals surface area contributed by atoms with Gasteiger partial charge in [0.05, 0.1) is 11.6 Å². The molecule has 2 saturated heterocycles. The third-order valence-corrected chi connectivity index (χ3v) is 6.52. The molecule has 9 heteroatoms. The monoisotopic (exact) mass is 456 g/mol. The number of piperidine rings is 1. The standard InChI is InChI=1S/C24H33FN6O2/c1-16(28-22-27-10-7-21(29-22)31-23(32)33-15-24(31,2)3)17-5-6-18(20(25)13-17)14-30-11-8-19(26-4)9-12-30/h5-7,10,13,16,19,26H,8-9,11-12,14-15H2,1-4H3,(H,27,28,29)/t16-/m0/s1. The quantitative estimate of drug-likeness (QED) is 0.657. The van der Waals surface area contributed by atoms with Crippen LogP contribution in [0.1, 0.15) is 50.8 Å². The van der Waals surface area contributed by atoms with Crippen LogP contribution in [0, 0.1) is 5.82 Å². The number of carbonyl (C=O) groups excluding carboxylic acids is 1. The second-order valence-corrected chi connectivity index (χ2v) is 9.50. The average Bonchev–Trinajstić information content (AvgIpc) is 3.07. The highest BCUT2D eigenvalue weighted by molar-refractivity contribution is 5.90. The number of cyclic esters (lactones) is 1. The Morgan fingerprint density at radius 2 is 2.03 bits per heavy atom. The molecule has 2 aromatic rings. The summed E-state index contributed by atoms with van der Waals surface area (Å²) in [4.78, 5) is 24.8. The van der Waals surface area contributed by atoms with Gasteiger partial charge in [0.1, 0.15) is 18.2 Å². The largest absolute Gasteiger partial charge is 0.447 e. The van der Waals surface area contributed by atoms with Gasteiger partial charge in [0, 0.05) is 24.3 Å². The third kappa shape index (κ3) is 5.25. The van der Waals surface area contributed by atoms with Crippen LogP contribution in [0.3, 0.4) is 0 Å². The predicted molar refractivity (Wildman–Crippen MR) is 126 cm³/mol. The number of ether oxygens (including phenoxy) is 1. The van der Waals surface area contributed by atoms with E-state index in [9.17, 15) is 9.18 Å². The fourth-order valence-electron chi connectivity index (χ4n) is 4.42. The first-order valence-electron chi connectivity index (χ1n) is 11.5. The minimum Gasteiger partial charge on any atom is -0.447 e. The van der Waals surface area contributed by atoms with Gasteiger partial charge in [-0.25, -0.2) is 14.2 Å². The summed E-state index contributed by atoms with van der Waals surface area (Å²) in [6.07, 6.45) is 3.34. The summed E-state index contributed by atoms with van der Waals surface area (Å²) in [6, 6.07) is 7.42. The molecule has 178 valence electrons. The molecule has 2 aliphatic heterocycles. The van der Waals surface area contributed by atoms with Crippen LogP contribution in [0.15, 0.2) is 30.5 Å². The SMILES string of the molecule is CNC1CCN(Cc2ccc([C@H](C)Nc3nccc(N4C(=O)OCC4(C)C)n3)cc2F)CC1. The maximum absolute atomic E-state index is 14.9. The number of likely N-dealkylation sites (tertiary alicyclic amines) is 1. The van der Waals surface area contributed by atoms with Crippen molar-refractivity contribution < 1.29 is 13.9 Å². The summed E-state index contributed by atoms with van der Waals surface area (Å²) in [6.45, 7) is 8.64. The summed E-state index contributed by atoms with van der Waals surface area (Å²) < 4.78 is 20.1. The first kappa shape index (κ1) is 23.4. The molecule has 8 nitrogen and oxygen atoms in total. The maximum Gasteiger partial charge on any atom is 0.416 e.